The van der Waals surface area contributed by atoms with Gasteiger partial charge in [-0.05, 0) is 6.92 Å². The van der Waals surface area contributed by atoms with Crippen molar-refractivity contribution in [1.82, 2.24) is 10.3 Å². The van der Waals surface area contributed by atoms with Crippen LogP contribution in [-0.4, -0.2) is 17.4 Å². The van der Waals surface area contributed by atoms with Crippen LogP contribution in [0.5, 0.6) is 0 Å². The zero-order valence-corrected chi connectivity index (χ0v) is 7.44. The van der Waals surface area contributed by atoms with Crippen LogP contribution in [0.25, 0.3) is 0 Å². The van der Waals surface area contributed by atoms with E-state index in [0.29, 0.717) is 4.88 Å². The zero-order chi connectivity index (χ0) is 8.97. The molecular formula is C8H8N2OS. The highest BCUT2D eigenvalue weighted by molar-refractivity contribution is 7.11. The lowest BCUT2D eigenvalue weighted by Gasteiger charge is -1.97. The van der Waals surface area contributed by atoms with E-state index in [1.807, 2.05) is 0 Å². The smallest absolute Gasteiger partial charge is 0.264 e. The molecule has 62 valence electrons. The van der Waals surface area contributed by atoms with Gasteiger partial charge in [-0.15, -0.1) is 17.8 Å². The zero-order valence-electron chi connectivity index (χ0n) is 6.63. The summed E-state index contributed by atoms with van der Waals surface area (Å²) in [6.45, 7) is 2.05. The Morgan fingerprint density at radius 1 is 1.92 bits per heavy atom. The molecule has 0 aliphatic heterocycles. The number of hydrogen-bond acceptors (Lipinski definition) is 3. The van der Waals surface area contributed by atoms with Crippen molar-refractivity contribution in [3.8, 4) is 12.3 Å². The van der Waals surface area contributed by atoms with Gasteiger partial charge in [0, 0.05) is 0 Å². The Morgan fingerprint density at radius 2 is 2.67 bits per heavy atom. The van der Waals surface area contributed by atoms with E-state index in [4.69, 9.17) is 6.42 Å². The molecule has 12 heavy (non-hydrogen) atoms. The number of aromatic nitrogens is 1. The first kappa shape index (κ1) is 8.75. The molecule has 0 saturated carbocycles. The van der Waals surface area contributed by atoms with E-state index in [1.165, 1.54) is 11.3 Å². The number of aryl methyl sites for hydroxylation is 1. The number of carbonyl (C=O) groups excluding carboxylic acids is 1. The molecular weight excluding hydrogens is 172 g/mol. The van der Waals surface area contributed by atoms with Gasteiger partial charge in [-0.25, -0.2) is 4.98 Å². The van der Waals surface area contributed by atoms with Crippen LogP contribution in [0.1, 0.15) is 15.4 Å². The number of hydrogen-bond donors (Lipinski definition) is 1. The average Bonchev–Trinajstić information content (AvgIpc) is 2.47. The number of terminal acetylenes is 1. The number of rotatable bonds is 2. The van der Waals surface area contributed by atoms with Crippen molar-refractivity contribution in [2.45, 2.75) is 6.92 Å². The summed E-state index contributed by atoms with van der Waals surface area (Å²) in [7, 11) is 0. The van der Waals surface area contributed by atoms with Gasteiger partial charge in [0.2, 0.25) is 0 Å². The number of nitrogens with zero attached hydrogens (tertiary/aromatic N) is 1. The summed E-state index contributed by atoms with van der Waals surface area (Å²) in [6, 6.07) is 0. The maximum atomic E-state index is 11.2. The second kappa shape index (κ2) is 3.88. The largest absolute Gasteiger partial charge is 0.340 e. The van der Waals surface area contributed by atoms with Gasteiger partial charge in [0.05, 0.1) is 17.7 Å². The van der Waals surface area contributed by atoms with Crippen LogP contribution >= 0.6 is 11.3 Å². The van der Waals surface area contributed by atoms with Crippen molar-refractivity contribution < 1.29 is 4.79 Å². The van der Waals surface area contributed by atoms with E-state index in [2.05, 4.69) is 16.2 Å². The summed E-state index contributed by atoms with van der Waals surface area (Å²) < 4.78 is 0. The standard InChI is InChI=1S/C8H8N2OS/c1-3-4-9-8(11)7-6(2)10-5-12-7/h1,5H,4H2,2H3,(H,9,11). The molecule has 0 spiro atoms. The molecule has 1 rings (SSSR count). The molecule has 0 fully saturated rings. The highest BCUT2D eigenvalue weighted by Crippen LogP contribution is 2.10. The predicted molar refractivity (Wildman–Crippen MR) is 48.0 cm³/mol. The molecule has 0 aliphatic rings. The van der Waals surface area contributed by atoms with Crippen molar-refractivity contribution >= 4 is 17.2 Å². The third kappa shape index (κ3) is 1.83. The molecule has 0 saturated heterocycles. The fourth-order valence-corrected chi connectivity index (χ4v) is 1.45. The maximum absolute atomic E-state index is 11.2. The Labute approximate surface area is 74.8 Å². The van der Waals surface area contributed by atoms with Crippen LogP contribution in [0, 0.1) is 19.3 Å². The molecule has 1 heterocycles. The fourth-order valence-electron chi connectivity index (χ4n) is 0.731. The summed E-state index contributed by atoms with van der Waals surface area (Å²) in [4.78, 5) is 15.8. The van der Waals surface area contributed by atoms with E-state index in [9.17, 15) is 4.79 Å². The SMILES string of the molecule is C#CCNC(=O)c1scnc1C. The number of carbonyl (C=O) groups is 1. The lowest BCUT2D eigenvalue weighted by Crippen LogP contribution is -2.23. The summed E-state index contributed by atoms with van der Waals surface area (Å²) in [5, 5.41) is 2.57. The van der Waals surface area contributed by atoms with Crippen molar-refractivity contribution in [3.63, 3.8) is 0 Å². The number of thiazole rings is 1. The minimum atomic E-state index is -0.145. The summed E-state index contributed by atoms with van der Waals surface area (Å²) in [5.74, 6) is 2.19. The second-order valence-corrected chi connectivity index (χ2v) is 3.01. The van der Waals surface area contributed by atoms with Gasteiger partial charge in [-0.2, -0.15) is 0 Å². The molecule has 1 N–H and O–H groups in total. The van der Waals surface area contributed by atoms with E-state index in [-0.39, 0.29) is 12.5 Å². The molecule has 0 aromatic carbocycles. The minimum absolute atomic E-state index is 0.145. The lowest BCUT2D eigenvalue weighted by molar-refractivity contribution is 0.0962. The third-order valence-corrected chi connectivity index (χ3v) is 2.23. The molecule has 0 radical (unpaired) electrons. The van der Waals surface area contributed by atoms with Crippen LogP contribution in [-0.2, 0) is 0 Å². The first-order valence-corrected chi connectivity index (χ1v) is 4.25. The van der Waals surface area contributed by atoms with Gasteiger partial charge in [0.15, 0.2) is 0 Å². The predicted octanol–water partition coefficient (Wildman–Crippen LogP) is 0.815. The van der Waals surface area contributed by atoms with Crippen LogP contribution < -0.4 is 5.32 Å². The number of amides is 1. The Bertz CT molecular complexity index is 324. The number of nitrogens with one attached hydrogen (secondary N) is 1. The molecule has 0 bridgehead atoms. The molecule has 0 atom stereocenters. The van der Waals surface area contributed by atoms with E-state index >= 15 is 0 Å². The third-order valence-electron chi connectivity index (χ3n) is 1.30. The molecule has 3 nitrogen and oxygen atoms in total. The monoisotopic (exact) mass is 180 g/mol. The van der Waals surface area contributed by atoms with Gasteiger partial charge >= 0.3 is 0 Å². The molecule has 1 amide bonds. The molecule has 0 unspecified atom stereocenters. The molecule has 4 heteroatoms. The van der Waals surface area contributed by atoms with Crippen LogP contribution in [0.2, 0.25) is 0 Å². The Morgan fingerprint density at radius 3 is 3.17 bits per heavy atom. The van der Waals surface area contributed by atoms with Gasteiger partial charge < -0.3 is 5.32 Å². The average molecular weight is 180 g/mol. The summed E-state index contributed by atoms with van der Waals surface area (Å²) >= 11 is 1.32. The van der Waals surface area contributed by atoms with Crippen molar-refractivity contribution in [3.05, 3.63) is 16.1 Å². The van der Waals surface area contributed by atoms with Gasteiger partial charge in [0.1, 0.15) is 4.88 Å². The van der Waals surface area contributed by atoms with E-state index in [0.717, 1.165) is 5.69 Å². The summed E-state index contributed by atoms with van der Waals surface area (Å²) in [5.41, 5.74) is 2.38. The summed E-state index contributed by atoms with van der Waals surface area (Å²) in [6.07, 6.45) is 4.99. The van der Waals surface area contributed by atoms with Crippen LogP contribution in [0.15, 0.2) is 5.51 Å². The quantitative estimate of drug-likeness (QED) is 0.684. The van der Waals surface area contributed by atoms with Gasteiger partial charge in [0.25, 0.3) is 5.91 Å². The van der Waals surface area contributed by atoms with Gasteiger partial charge in [-0.1, -0.05) is 5.92 Å². The van der Waals surface area contributed by atoms with Crippen LogP contribution in [0.4, 0.5) is 0 Å². The molecule has 1 aromatic heterocycles. The minimum Gasteiger partial charge on any atom is -0.340 e. The van der Waals surface area contributed by atoms with Gasteiger partial charge in [-0.3, -0.25) is 4.79 Å². The van der Waals surface area contributed by atoms with E-state index in [1.54, 1.807) is 12.4 Å². The molecule has 0 aliphatic carbocycles. The van der Waals surface area contributed by atoms with Crippen molar-refractivity contribution in [2.24, 2.45) is 0 Å². The Balaban J connectivity index is 2.67. The van der Waals surface area contributed by atoms with Crippen molar-refractivity contribution in [1.29, 1.82) is 0 Å². The Hall–Kier alpha value is -1.34. The fraction of sp³-hybridized carbons (Fsp3) is 0.250. The Kier molecular flexibility index (Phi) is 2.83. The normalized spacial score (nSPS) is 9.00. The first-order chi connectivity index (χ1) is 5.75. The van der Waals surface area contributed by atoms with Crippen molar-refractivity contribution in [2.75, 3.05) is 6.54 Å². The molecule has 1 aromatic rings. The highest BCUT2D eigenvalue weighted by atomic mass is 32.1. The maximum Gasteiger partial charge on any atom is 0.264 e. The lowest BCUT2D eigenvalue weighted by atomic mass is 10.4. The highest BCUT2D eigenvalue weighted by Gasteiger charge is 2.09. The van der Waals surface area contributed by atoms with Crippen LogP contribution in [0.3, 0.4) is 0 Å². The topological polar surface area (TPSA) is 42.0 Å². The second-order valence-electron chi connectivity index (χ2n) is 2.15. The first-order valence-electron chi connectivity index (χ1n) is 3.37. The van der Waals surface area contributed by atoms with E-state index < -0.39 is 0 Å².